The van der Waals surface area contributed by atoms with E-state index >= 15 is 0 Å². The molecule has 0 aromatic heterocycles. The number of hydrogen-bond acceptors (Lipinski definition) is 3. The number of carbonyl (C=O) groups is 1. The van der Waals surface area contributed by atoms with Gasteiger partial charge in [-0.05, 0) is 18.1 Å². The lowest BCUT2D eigenvalue weighted by molar-refractivity contribution is -0.120. The number of amides is 1. The first-order valence-electron chi connectivity index (χ1n) is 6.72. The Bertz CT molecular complexity index is 617. The van der Waals surface area contributed by atoms with Crippen LogP contribution in [0.4, 0.5) is 15.8 Å². The fourth-order valence-electron chi connectivity index (χ4n) is 1.77. The molecule has 21 heavy (non-hydrogen) atoms. The number of sulfonamides is 1. The molecule has 7 heteroatoms. The number of hydrogen-bond donors (Lipinski definition) is 2. The number of rotatable bonds is 6. The van der Waals surface area contributed by atoms with E-state index in [-0.39, 0.29) is 29.1 Å². The van der Waals surface area contributed by atoms with Crippen molar-refractivity contribution in [3.63, 3.8) is 0 Å². The predicted octanol–water partition coefficient (Wildman–Crippen LogP) is 2.82. The van der Waals surface area contributed by atoms with Crippen molar-refractivity contribution in [3.05, 3.63) is 24.0 Å². The lowest BCUT2D eigenvalue weighted by Gasteiger charge is -2.19. The van der Waals surface area contributed by atoms with Gasteiger partial charge in [-0.1, -0.05) is 27.2 Å². The van der Waals surface area contributed by atoms with Crippen molar-refractivity contribution in [2.75, 3.05) is 16.3 Å². The van der Waals surface area contributed by atoms with Gasteiger partial charge < -0.3 is 5.32 Å². The van der Waals surface area contributed by atoms with Crippen LogP contribution in [0.2, 0.25) is 0 Å². The van der Waals surface area contributed by atoms with Crippen molar-refractivity contribution in [1.29, 1.82) is 0 Å². The second-order valence-corrected chi connectivity index (χ2v) is 6.98. The molecule has 118 valence electrons. The fourth-order valence-corrected chi connectivity index (χ4v) is 2.34. The van der Waals surface area contributed by atoms with Crippen LogP contribution >= 0.6 is 0 Å². The molecule has 1 amide bonds. The molecule has 0 aliphatic rings. The van der Waals surface area contributed by atoms with Gasteiger partial charge in [0.25, 0.3) is 0 Å². The van der Waals surface area contributed by atoms with Crippen LogP contribution < -0.4 is 10.0 Å². The zero-order chi connectivity index (χ0) is 16.2. The Balaban J connectivity index is 3.00. The van der Waals surface area contributed by atoms with Crippen LogP contribution in [0.25, 0.3) is 0 Å². The van der Waals surface area contributed by atoms with Gasteiger partial charge in [-0.15, -0.1) is 0 Å². The molecule has 0 saturated heterocycles. The maximum Gasteiger partial charge on any atom is 0.229 e. The largest absolute Gasteiger partial charge is 0.324 e. The molecule has 2 N–H and O–H groups in total. The highest BCUT2D eigenvalue weighted by Crippen LogP contribution is 2.25. The third-order valence-corrected chi connectivity index (χ3v) is 4.04. The van der Waals surface area contributed by atoms with Gasteiger partial charge in [0.05, 0.1) is 17.6 Å². The van der Waals surface area contributed by atoms with Crippen LogP contribution in [-0.2, 0) is 14.8 Å². The van der Waals surface area contributed by atoms with Gasteiger partial charge in [0.15, 0.2) is 0 Å². The quantitative estimate of drug-likeness (QED) is 0.847. The van der Waals surface area contributed by atoms with Gasteiger partial charge in [-0.3, -0.25) is 9.52 Å². The van der Waals surface area contributed by atoms with E-state index in [0.29, 0.717) is 0 Å². The van der Waals surface area contributed by atoms with Crippen molar-refractivity contribution < 1.29 is 17.6 Å². The Morgan fingerprint density at radius 2 is 1.90 bits per heavy atom. The van der Waals surface area contributed by atoms with E-state index in [1.165, 1.54) is 6.07 Å². The third-order valence-electron chi connectivity index (χ3n) is 3.45. The van der Waals surface area contributed by atoms with E-state index in [1.807, 2.05) is 13.8 Å². The van der Waals surface area contributed by atoms with Crippen LogP contribution in [0.5, 0.6) is 0 Å². The summed E-state index contributed by atoms with van der Waals surface area (Å²) in [6.45, 7) is 5.75. The van der Waals surface area contributed by atoms with Crippen molar-refractivity contribution >= 4 is 27.3 Å². The van der Waals surface area contributed by atoms with Gasteiger partial charge in [-0.25, -0.2) is 12.8 Å². The summed E-state index contributed by atoms with van der Waals surface area (Å²) in [5.74, 6) is -0.857. The first-order chi connectivity index (χ1) is 9.64. The SMILES string of the molecule is CCC(C)C(C)C(=O)Nc1ccc(F)cc1NS(C)(=O)=O. The first kappa shape index (κ1) is 17.4. The highest BCUT2D eigenvalue weighted by atomic mass is 32.2. The summed E-state index contributed by atoms with van der Waals surface area (Å²) in [5.41, 5.74) is 0.254. The number of anilines is 2. The first-order valence-corrected chi connectivity index (χ1v) is 8.61. The molecule has 0 saturated carbocycles. The summed E-state index contributed by atoms with van der Waals surface area (Å²) in [7, 11) is -3.56. The number of carbonyl (C=O) groups excluding carboxylic acids is 1. The van der Waals surface area contributed by atoms with E-state index in [2.05, 4.69) is 10.0 Å². The van der Waals surface area contributed by atoms with Crippen LogP contribution in [-0.4, -0.2) is 20.6 Å². The zero-order valence-corrected chi connectivity index (χ0v) is 13.4. The number of benzene rings is 1. The minimum absolute atomic E-state index is 0.0159. The normalized spacial score (nSPS) is 14.3. The minimum atomic E-state index is -3.56. The Kier molecular flexibility index (Phi) is 5.71. The van der Waals surface area contributed by atoms with Gasteiger partial charge >= 0.3 is 0 Å². The molecule has 2 unspecified atom stereocenters. The highest BCUT2D eigenvalue weighted by Gasteiger charge is 2.20. The number of halogens is 1. The monoisotopic (exact) mass is 316 g/mol. The Labute approximate surface area is 125 Å². The second-order valence-electron chi connectivity index (χ2n) is 5.23. The minimum Gasteiger partial charge on any atom is -0.324 e. The molecule has 0 bridgehead atoms. The van der Waals surface area contributed by atoms with E-state index in [4.69, 9.17) is 0 Å². The average molecular weight is 316 g/mol. The van der Waals surface area contributed by atoms with Crippen molar-refractivity contribution in [2.24, 2.45) is 11.8 Å². The van der Waals surface area contributed by atoms with Crippen LogP contribution in [0, 0.1) is 17.7 Å². The third kappa shape index (κ3) is 5.34. The Morgan fingerprint density at radius 3 is 2.43 bits per heavy atom. The van der Waals surface area contributed by atoms with Gasteiger partial charge in [0.1, 0.15) is 5.82 Å². The Morgan fingerprint density at radius 1 is 1.29 bits per heavy atom. The highest BCUT2D eigenvalue weighted by molar-refractivity contribution is 7.92. The van der Waals surface area contributed by atoms with Gasteiger partial charge in [-0.2, -0.15) is 0 Å². The van der Waals surface area contributed by atoms with Crippen LogP contribution in [0.1, 0.15) is 27.2 Å². The van der Waals surface area contributed by atoms with E-state index in [9.17, 15) is 17.6 Å². The molecule has 1 rings (SSSR count). The summed E-state index contributed by atoms with van der Waals surface area (Å²) in [6.07, 6.45) is 1.82. The van der Waals surface area contributed by atoms with Crippen LogP contribution in [0.3, 0.4) is 0 Å². The van der Waals surface area contributed by atoms with Crippen LogP contribution in [0.15, 0.2) is 18.2 Å². The second kappa shape index (κ2) is 6.89. The summed E-state index contributed by atoms with van der Waals surface area (Å²) < 4.78 is 38.0. The molecule has 1 aromatic rings. The maximum atomic E-state index is 13.3. The fraction of sp³-hybridized carbons (Fsp3) is 0.500. The molecule has 0 spiro atoms. The Hall–Kier alpha value is -1.63. The summed E-state index contributed by atoms with van der Waals surface area (Å²) in [4.78, 5) is 12.1. The lowest BCUT2D eigenvalue weighted by Crippen LogP contribution is -2.26. The molecule has 0 aliphatic carbocycles. The number of nitrogens with one attached hydrogen (secondary N) is 2. The molecule has 0 aliphatic heterocycles. The van der Waals surface area contributed by atoms with Gasteiger partial charge in [0, 0.05) is 12.0 Å². The molecule has 0 fully saturated rings. The van der Waals surface area contributed by atoms with Crippen molar-refractivity contribution in [3.8, 4) is 0 Å². The zero-order valence-electron chi connectivity index (χ0n) is 12.6. The molecular formula is C14H21FN2O3S. The smallest absolute Gasteiger partial charge is 0.229 e. The molecule has 2 atom stereocenters. The standard InChI is InChI=1S/C14H21FN2O3S/c1-5-9(2)10(3)14(18)16-12-7-6-11(15)8-13(12)17-21(4,19)20/h6-10,17H,5H2,1-4H3,(H,16,18). The molecule has 0 heterocycles. The summed E-state index contributed by atoms with van der Waals surface area (Å²) >= 11 is 0. The predicted molar refractivity (Wildman–Crippen MR) is 82.1 cm³/mol. The van der Waals surface area contributed by atoms with Gasteiger partial charge in [0.2, 0.25) is 15.9 Å². The molecule has 5 nitrogen and oxygen atoms in total. The van der Waals surface area contributed by atoms with E-state index in [0.717, 1.165) is 24.8 Å². The van der Waals surface area contributed by atoms with E-state index in [1.54, 1.807) is 6.92 Å². The van der Waals surface area contributed by atoms with Crippen molar-refractivity contribution in [1.82, 2.24) is 0 Å². The van der Waals surface area contributed by atoms with Crippen molar-refractivity contribution in [2.45, 2.75) is 27.2 Å². The van der Waals surface area contributed by atoms with E-state index < -0.39 is 15.8 Å². The molecule has 1 aromatic carbocycles. The topological polar surface area (TPSA) is 75.3 Å². The lowest BCUT2D eigenvalue weighted by atomic mass is 9.93. The summed E-state index contributed by atoms with van der Waals surface area (Å²) in [5, 5.41) is 2.64. The average Bonchev–Trinajstić information content (AvgIpc) is 2.38. The maximum absolute atomic E-state index is 13.3. The molecule has 0 radical (unpaired) electrons. The summed E-state index contributed by atoms with van der Waals surface area (Å²) in [6, 6.07) is 3.53. The molecular weight excluding hydrogens is 295 g/mol.